The third-order valence-corrected chi connectivity index (χ3v) is 7.66. The Morgan fingerprint density at radius 3 is 2.10 bits per heavy atom. The molecule has 0 saturated heterocycles. The third-order valence-electron chi connectivity index (χ3n) is 4.82. The summed E-state index contributed by atoms with van der Waals surface area (Å²) in [6.07, 6.45) is 0. The van der Waals surface area contributed by atoms with Crippen molar-refractivity contribution in [1.29, 1.82) is 0 Å². The van der Waals surface area contributed by atoms with Gasteiger partial charge in [-0.15, -0.1) is 10.2 Å². The zero-order valence-corrected chi connectivity index (χ0v) is 29.9. The molecule has 0 aliphatic rings. The molecule has 0 aliphatic heterocycles. The average Bonchev–Trinajstić information content (AvgIpc) is 3.09. The van der Waals surface area contributed by atoms with E-state index >= 15 is 0 Å². The monoisotopic (exact) mass is 712 g/mol. The zero-order valence-electron chi connectivity index (χ0n) is 21.2. The molecule has 23 heteroatoms. The number of aromatic nitrogens is 5. The van der Waals surface area contributed by atoms with E-state index in [0.717, 1.165) is 28.9 Å². The molecule has 0 unspecified atom stereocenters. The van der Waals surface area contributed by atoms with Gasteiger partial charge in [-0.25, -0.2) is 13.1 Å². The van der Waals surface area contributed by atoms with Crippen molar-refractivity contribution in [1.82, 2.24) is 24.7 Å². The summed E-state index contributed by atoms with van der Waals surface area (Å²) >= 11 is 23.5. The molecule has 0 fully saturated rings. The molecule has 4 rings (SSSR count). The Hall–Kier alpha value is -1.16. The van der Waals surface area contributed by atoms with Crippen molar-refractivity contribution in [3.63, 3.8) is 0 Å². The zero-order chi connectivity index (χ0) is 29.6. The largest absolute Gasteiger partial charge is 1.00 e. The fourth-order valence-corrected chi connectivity index (χ4v) is 5.44. The second kappa shape index (κ2) is 14.3. The van der Waals surface area contributed by atoms with Crippen molar-refractivity contribution in [2.45, 2.75) is 16.7 Å². The smallest absolute Gasteiger partial charge is 0.857 e. The van der Waals surface area contributed by atoms with Crippen molar-refractivity contribution in [2.24, 2.45) is 10.2 Å². The maximum atomic E-state index is 13.0. The van der Waals surface area contributed by atoms with Gasteiger partial charge in [0.05, 0.1) is 26.3 Å². The summed E-state index contributed by atoms with van der Waals surface area (Å²) in [5, 5.41) is 26.1. The molecule has 15 nitrogen and oxygen atoms in total. The van der Waals surface area contributed by atoms with Gasteiger partial charge in [0.15, 0.2) is 0 Å². The summed E-state index contributed by atoms with van der Waals surface area (Å²) in [7, 11) is -9.75. The van der Waals surface area contributed by atoms with E-state index in [4.69, 9.17) is 46.4 Å². The summed E-state index contributed by atoms with van der Waals surface area (Å²) in [6, 6.07) is 5.06. The van der Waals surface area contributed by atoms with Gasteiger partial charge in [-0.05, 0) is 60.5 Å². The van der Waals surface area contributed by atoms with Crippen molar-refractivity contribution >= 4 is 89.7 Å². The molecule has 210 valence electrons. The first-order chi connectivity index (χ1) is 18.5. The van der Waals surface area contributed by atoms with Crippen LogP contribution in [-0.2, 0) is 20.2 Å². The van der Waals surface area contributed by atoms with Crippen LogP contribution in [0.15, 0.2) is 50.4 Å². The van der Waals surface area contributed by atoms with E-state index in [1.165, 1.54) is 13.0 Å². The molecule has 0 spiro atoms. The molecule has 0 radical (unpaired) electrons. The number of azo groups is 1. The van der Waals surface area contributed by atoms with Crippen LogP contribution in [-0.4, -0.2) is 50.7 Å². The summed E-state index contributed by atoms with van der Waals surface area (Å²) < 4.78 is 68.3. The van der Waals surface area contributed by atoms with Crippen molar-refractivity contribution in [3.05, 3.63) is 56.6 Å². The van der Waals surface area contributed by atoms with Gasteiger partial charge in [0.2, 0.25) is 16.5 Å². The van der Waals surface area contributed by atoms with Gasteiger partial charge in [-0.2, -0.15) is 28.5 Å². The van der Waals surface area contributed by atoms with Crippen LogP contribution in [0.1, 0.15) is 5.69 Å². The van der Waals surface area contributed by atoms with E-state index in [0.29, 0.717) is 0 Å². The first-order valence-corrected chi connectivity index (χ1v) is 14.5. The van der Waals surface area contributed by atoms with Crippen LogP contribution >= 0.6 is 46.4 Å². The van der Waals surface area contributed by atoms with Crippen molar-refractivity contribution in [3.8, 4) is 11.6 Å². The molecule has 2 heterocycles. The van der Waals surface area contributed by atoms with Crippen LogP contribution in [0.2, 0.25) is 20.6 Å². The summed E-state index contributed by atoms with van der Waals surface area (Å²) in [4.78, 5) is 9.74. The van der Waals surface area contributed by atoms with Crippen molar-refractivity contribution < 1.29 is 90.2 Å². The molecule has 2 N–H and O–H groups in total. The van der Waals surface area contributed by atoms with E-state index in [1.54, 1.807) is 0 Å². The molecule has 0 atom stereocenters. The minimum absolute atomic E-state index is 0. The van der Waals surface area contributed by atoms with Crippen molar-refractivity contribution in [2.75, 3.05) is 5.32 Å². The van der Waals surface area contributed by atoms with Crippen LogP contribution in [0, 0.1) is 6.92 Å². The predicted octanol–water partition coefficient (Wildman–Crippen LogP) is -1.63. The second-order valence-electron chi connectivity index (χ2n) is 7.52. The first kappa shape index (κ1) is 37.0. The second-order valence-corrected chi connectivity index (χ2v) is 11.7. The van der Waals surface area contributed by atoms with Crippen LogP contribution in [0.3, 0.4) is 0 Å². The fraction of sp³-hybridized carbons (Fsp3) is 0.0526. The van der Waals surface area contributed by atoms with Crippen LogP contribution in [0.4, 0.5) is 23.0 Å². The number of nitrogens with zero attached hydrogens (tertiary/aromatic N) is 7. The Morgan fingerprint density at radius 2 is 1.52 bits per heavy atom. The number of hydrogen-bond acceptors (Lipinski definition) is 13. The van der Waals surface area contributed by atoms with E-state index in [2.05, 4.69) is 35.6 Å². The number of halogens is 4. The Kier molecular flexibility index (Phi) is 12.6. The van der Waals surface area contributed by atoms with Crippen LogP contribution in [0.5, 0.6) is 5.88 Å². The molecular formula is C19H10Cl4N8Na2O7S2. The molecule has 4 aromatic rings. The molecule has 0 saturated carbocycles. The molecule has 0 aliphatic carbocycles. The maximum Gasteiger partial charge on any atom is 1.00 e. The van der Waals surface area contributed by atoms with Gasteiger partial charge in [-0.1, -0.05) is 23.2 Å². The average molecular weight is 714 g/mol. The fourth-order valence-electron chi connectivity index (χ4n) is 3.15. The Morgan fingerprint density at radius 1 is 0.905 bits per heavy atom. The van der Waals surface area contributed by atoms with E-state index < -0.39 is 46.6 Å². The van der Waals surface area contributed by atoms with E-state index in [1.807, 2.05) is 0 Å². The van der Waals surface area contributed by atoms with E-state index in [-0.39, 0.29) is 103 Å². The first-order valence-electron chi connectivity index (χ1n) is 10.1. The number of rotatable bonds is 7. The molecule has 0 bridgehead atoms. The van der Waals surface area contributed by atoms with Gasteiger partial charge in [0.25, 0.3) is 10.1 Å². The Bertz CT molecular complexity index is 1910. The minimum Gasteiger partial charge on any atom is -0.857 e. The standard InChI is InChI=1S/C19H12Cl4N8O7S2.2Na/c1-7-15(16(32)31(30-7)12-5-10(21)14(6-9(12)20)40(36,37)38)29-28-11-4-8(2-3-13(11)39(33,34)35)24-19-26-17(22)25-18(23)27-19;;/h2-6,32H,1H3,(H,33,34,35)(H,36,37,38)(H,24,25,26,27);;/q;2*+1/p-2. The molecular weight excluding hydrogens is 704 g/mol. The van der Waals surface area contributed by atoms with Gasteiger partial charge in [-0.3, -0.25) is 4.55 Å². The topological polar surface area (TPSA) is 228 Å². The number of nitrogens with one attached hydrogen (secondary N) is 1. The Balaban J connectivity index is 0.00000308. The summed E-state index contributed by atoms with van der Waals surface area (Å²) in [5.41, 5.74) is -0.867. The molecule has 2 aromatic heterocycles. The minimum atomic E-state index is -5.04. The normalized spacial score (nSPS) is 11.7. The summed E-state index contributed by atoms with van der Waals surface area (Å²) in [5.74, 6) is -1.02. The number of benzene rings is 2. The predicted molar refractivity (Wildman–Crippen MR) is 139 cm³/mol. The van der Waals surface area contributed by atoms with E-state index in [9.17, 15) is 31.0 Å². The maximum absolute atomic E-state index is 13.0. The van der Waals surface area contributed by atoms with Gasteiger partial charge in [0.1, 0.15) is 26.4 Å². The molecule has 42 heavy (non-hydrogen) atoms. The quantitative estimate of drug-likeness (QED) is 0.125. The summed E-state index contributed by atoms with van der Waals surface area (Å²) in [6.45, 7) is 1.37. The molecule has 2 aromatic carbocycles. The number of hydrogen-bond donors (Lipinski definition) is 2. The number of aryl methyl sites for hydroxylation is 1. The SMILES string of the molecule is Cc1nn(-c2cc(Cl)c(S(=O)(=O)O)cc2Cl)c([O-])c1N=Nc1cc(Nc2nc(Cl)nc(Cl)n2)ccc1S(=O)(=O)[O-].[Na+].[Na+]. The van der Waals surface area contributed by atoms with Gasteiger partial charge >= 0.3 is 59.1 Å². The van der Waals surface area contributed by atoms with Crippen LogP contribution < -0.4 is 69.5 Å². The van der Waals surface area contributed by atoms with Gasteiger partial charge < -0.3 is 15.0 Å². The number of anilines is 2. The van der Waals surface area contributed by atoms with Gasteiger partial charge in [0, 0.05) is 11.6 Å². The third kappa shape index (κ3) is 8.51. The Labute approximate surface area is 301 Å². The molecule has 0 amide bonds. The van der Waals surface area contributed by atoms with Crippen LogP contribution in [0.25, 0.3) is 5.69 Å².